The van der Waals surface area contributed by atoms with Crippen LogP contribution in [0.5, 0.6) is 0 Å². The van der Waals surface area contributed by atoms with E-state index in [1.807, 2.05) is 12.3 Å². The maximum Gasteiger partial charge on any atom is 0.208 e. The molecule has 1 aromatic rings. The van der Waals surface area contributed by atoms with Crippen LogP contribution in [0.3, 0.4) is 0 Å². The summed E-state index contributed by atoms with van der Waals surface area (Å²) >= 11 is 5.77. The van der Waals surface area contributed by atoms with Crippen LogP contribution in [0.4, 0.5) is 0 Å². The molecule has 0 amide bonds. The summed E-state index contributed by atoms with van der Waals surface area (Å²) in [5, 5.41) is 11.9. The first-order valence-electron chi connectivity index (χ1n) is 5.81. The Bertz CT molecular complexity index is 526. The van der Waals surface area contributed by atoms with Crippen LogP contribution >= 0.6 is 11.6 Å². The molecule has 0 bridgehead atoms. The van der Waals surface area contributed by atoms with Crippen LogP contribution in [0.1, 0.15) is 18.4 Å². The maximum atomic E-state index is 8.74. The third-order valence-electron chi connectivity index (χ3n) is 3.48. The van der Waals surface area contributed by atoms with E-state index in [9.17, 15) is 0 Å². The molecule has 0 unspecified atom stereocenters. The third-order valence-corrected chi connectivity index (χ3v) is 3.70. The van der Waals surface area contributed by atoms with E-state index >= 15 is 0 Å². The predicted molar refractivity (Wildman–Crippen MR) is 67.8 cm³/mol. The van der Waals surface area contributed by atoms with Crippen LogP contribution in [0.2, 0.25) is 5.15 Å². The second-order valence-corrected chi connectivity index (χ2v) is 5.06. The van der Waals surface area contributed by atoms with Gasteiger partial charge >= 0.3 is 0 Å². The lowest BCUT2D eigenvalue weighted by Gasteiger charge is -2.26. The smallest absolute Gasteiger partial charge is 0.208 e. The van der Waals surface area contributed by atoms with Gasteiger partial charge < -0.3 is 4.90 Å². The maximum absolute atomic E-state index is 8.74. The lowest BCUT2D eigenvalue weighted by atomic mass is 10.2. The number of guanidine groups is 1. The molecule has 18 heavy (non-hydrogen) atoms. The van der Waals surface area contributed by atoms with Crippen LogP contribution in [-0.4, -0.2) is 27.9 Å². The molecule has 1 saturated carbocycles. The number of halogens is 1. The van der Waals surface area contributed by atoms with Gasteiger partial charge in [0, 0.05) is 12.7 Å². The molecule has 5 nitrogen and oxygen atoms in total. The molecule has 2 heterocycles. The zero-order valence-corrected chi connectivity index (χ0v) is 10.5. The fourth-order valence-electron chi connectivity index (χ4n) is 2.27. The van der Waals surface area contributed by atoms with Gasteiger partial charge in [-0.2, -0.15) is 5.26 Å². The zero-order valence-electron chi connectivity index (χ0n) is 9.73. The molecule has 92 valence electrons. The molecule has 0 saturated heterocycles. The van der Waals surface area contributed by atoms with E-state index in [1.54, 1.807) is 12.3 Å². The number of nitrogens with zero attached hydrogens (tertiary/aromatic N) is 4. The highest BCUT2D eigenvalue weighted by Gasteiger charge is 2.52. The van der Waals surface area contributed by atoms with Crippen molar-refractivity contribution >= 4 is 17.6 Å². The number of rotatable bonds is 2. The first kappa shape index (κ1) is 11.3. The van der Waals surface area contributed by atoms with Crippen molar-refractivity contribution in [2.45, 2.75) is 24.9 Å². The molecule has 1 aromatic heterocycles. The minimum atomic E-state index is 0.138. The van der Waals surface area contributed by atoms with E-state index < -0.39 is 0 Å². The van der Waals surface area contributed by atoms with Crippen molar-refractivity contribution < 1.29 is 0 Å². The number of aliphatic imine (C=N–C) groups is 1. The van der Waals surface area contributed by atoms with Crippen LogP contribution in [0.15, 0.2) is 23.3 Å². The summed E-state index contributed by atoms with van der Waals surface area (Å²) in [6.45, 7) is 1.48. The molecule has 0 atom stereocenters. The van der Waals surface area contributed by atoms with E-state index in [4.69, 9.17) is 16.9 Å². The molecular formula is C12H12ClN5. The Kier molecular flexibility index (Phi) is 2.60. The summed E-state index contributed by atoms with van der Waals surface area (Å²) in [6.07, 6.45) is 5.97. The molecule has 1 spiro atoms. The molecule has 1 aliphatic carbocycles. The van der Waals surface area contributed by atoms with Crippen LogP contribution in [0, 0.1) is 11.5 Å². The van der Waals surface area contributed by atoms with Gasteiger partial charge in [0.25, 0.3) is 0 Å². The Morgan fingerprint density at radius 3 is 2.94 bits per heavy atom. The quantitative estimate of drug-likeness (QED) is 0.498. The summed E-state index contributed by atoms with van der Waals surface area (Å²) in [5.74, 6) is 0.671. The van der Waals surface area contributed by atoms with Gasteiger partial charge in [-0.3, -0.25) is 5.32 Å². The van der Waals surface area contributed by atoms with Gasteiger partial charge in [-0.25, -0.2) is 9.98 Å². The zero-order chi connectivity index (χ0) is 12.6. The molecule has 3 rings (SSSR count). The fourth-order valence-corrected chi connectivity index (χ4v) is 2.38. The lowest BCUT2D eigenvalue weighted by molar-refractivity contribution is 0.310. The average Bonchev–Trinajstić information content (AvgIpc) is 3.08. The van der Waals surface area contributed by atoms with E-state index in [2.05, 4.69) is 20.2 Å². The molecule has 1 N–H and O–H groups in total. The molecule has 0 radical (unpaired) electrons. The molecule has 2 aliphatic rings. The van der Waals surface area contributed by atoms with Gasteiger partial charge in [0.1, 0.15) is 5.15 Å². The van der Waals surface area contributed by atoms with Crippen molar-refractivity contribution in [1.29, 1.82) is 5.26 Å². The van der Waals surface area contributed by atoms with Gasteiger partial charge in [0.2, 0.25) is 5.96 Å². The largest absolute Gasteiger partial charge is 0.330 e. The summed E-state index contributed by atoms with van der Waals surface area (Å²) < 4.78 is 0. The Labute approximate surface area is 110 Å². The summed E-state index contributed by atoms with van der Waals surface area (Å²) in [4.78, 5) is 10.6. The molecule has 6 heteroatoms. The Morgan fingerprint density at radius 2 is 2.33 bits per heavy atom. The highest BCUT2D eigenvalue weighted by atomic mass is 35.5. The number of nitriles is 1. The second-order valence-electron chi connectivity index (χ2n) is 4.68. The number of hydrogen-bond acceptors (Lipinski definition) is 5. The third kappa shape index (κ3) is 1.89. The lowest BCUT2D eigenvalue weighted by Crippen LogP contribution is -2.42. The SMILES string of the molecule is N#CNC1=NCC2(CC2)N1Cc1ccc(Cl)nc1. The number of nitrogens with one attached hydrogen (secondary N) is 1. The molecule has 1 fully saturated rings. The van der Waals surface area contributed by atoms with E-state index in [0.29, 0.717) is 17.7 Å². The highest BCUT2D eigenvalue weighted by molar-refractivity contribution is 6.29. The van der Waals surface area contributed by atoms with Crippen molar-refractivity contribution in [2.24, 2.45) is 4.99 Å². The number of hydrogen-bond donors (Lipinski definition) is 1. The summed E-state index contributed by atoms with van der Waals surface area (Å²) in [5.41, 5.74) is 1.21. The topological polar surface area (TPSA) is 64.3 Å². The monoisotopic (exact) mass is 261 g/mol. The van der Waals surface area contributed by atoms with Gasteiger partial charge in [0.05, 0.1) is 12.1 Å². The van der Waals surface area contributed by atoms with Crippen molar-refractivity contribution in [3.05, 3.63) is 29.0 Å². The normalized spacial score (nSPS) is 19.6. The minimum Gasteiger partial charge on any atom is -0.330 e. The fraction of sp³-hybridized carbons (Fsp3) is 0.417. The Balaban J connectivity index is 1.79. The first-order valence-corrected chi connectivity index (χ1v) is 6.19. The minimum absolute atomic E-state index is 0.138. The van der Waals surface area contributed by atoms with Crippen LogP contribution in [-0.2, 0) is 6.54 Å². The first-order chi connectivity index (χ1) is 8.73. The van der Waals surface area contributed by atoms with Crippen molar-refractivity contribution in [2.75, 3.05) is 6.54 Å². The van der Waals surface area contributed by atoms with E-state index in [-0.39, 0.29) is 5.54 Å². The molecule has 0 aromatic carbocycles. The molecular weight excluding hydrogens is 250 g/mol. The Hall–Kier alpha value is -1.80. The summed E-state index contributed by atoms with van der Waals surface area (Å²) in [7, 11) is 0. The number of pyridine rings is 1. The predicted octanol–water partition coefficient (Wildman–Crippen LogP) is 1.51. The number of aromatic nitrogens is 1. The average molecular weight is 262 g/mol. The van der Waals surface area contributed by atoms with Crippen LogP contribution < -0.4 is 5.32 Å². The van der Waals surface area contributed by atoms with Crippen LogP contribution in [0.25, 0.3) is 0 Å². The van der Waals surface area contributed by atoms with Crippen molar-refractivity contribution in [3.8, 4) is 6.19 Å². The van der Waals surface area contributed by atoms with E-state index in [1.165, 1.54) is 0 Å². The molecule has 1 aliphatic heterocycles. The van der Waals surface area contributed by atoms with Gasteiger partial charge in [-0.1, -0.05) is 17.7 Å². The van der Waals surface area contributed by atoms with Crippen molar-refractivity contribution in [3.63, 3.8) is 0 Å². The Morgan fingerprint density at radius 1 is 1.50 bits per heavy atom. The standard InChI is InChI=1S/C12H12ClN5/c13-10-2-1-9(5-15-10)6-18-11(17-8-14)16-7-12(18)3-4-12/h1-2,5H,3-4,6-7H2,(H,16,17). The van der Waals surface area contributed by atoms with Crippen molar-refractivity contribution in [1.82, 2.24) is 15.2 Å². The summed E-state index contributed by atoms with van der Waals surface area (Å²) in [6, 6.07) is 3.73. The van der Waals surface area contributed by atoms with Gasteiger partial charge in [-0.05, 0) is 24.5 Å². The second kappa shape index (κ2) is 4.14. The highest BCUT2D eigenvalue weighted by Crippen LogP contribution is 2.45. The van der Waals surface area contributed by atoms with Gasteiger partial charge in [-0.15, -0.1) is 0 Å². The van der Waals surface area contributed by atoms with E-state index in [0.717, 1.165) is 24.9 Å². The van der Waals surface area contributed by atoms with Gasteiger partial charge in [0.15, 0.2) is 6.19 Å².